The lowest BCUT2D eigenvalue weighted by molar-refractivity contribution is 0.874. The Hall–Kier alpha value is -2.14. The smallest absolute Gasteiger partial charge is 0.184 e. The van der Waals surface area contributed by atoms with Gasteiger partial charge in [-0.25, -0.2) is 4.98 Å². The van der Waals surface area contributed by atoms with Crippen LogP contribution in [0.25, 0.3) is 10.2 Å². The molecule has 0 aliphatic rings. The Balaban J connectivity index is 1.85. The van der Waals surface area contributed by atoms with Crippen molar-refractivity contribution in [2.24, 2.45) is 0 Å². The molecule has 2 aromatic heterocycles. The van der Waals surface area contributed by atoms with Crippen LogP contribution in [0.2, 0.25) is 0 Å². The summed E-state index contributed by atoms with van der Waals surface area (Å²) in [6, 6.07) is 9.93. The number of aromatic nitrogens is 2. The van der Waals surface area contributed by atoms with Gasteiger partial charge in [0.1, 0.15) is 0 Å². The highest BCUT2D eigenvalue weighted by Crippen LogP contribution is 2.29. The zero-order valence-corrected chi connectivity index (χ0v) is 11.3. The maximum Gasteiger partial charge on any atom is 0.184 e. The summed E-state index contributed by atoms with van der Waals surface area (Å²) in [5, 5.41) is 4.29. The Kier molecular flexibility index (Phi) is 3.05. The predicted molar refractivity (Wildman–Crippen MR) is 80.3 cm³/mol. The fourth-order valence-electron chi connectivity index (χ4n) is 1.90. The Labute approximate surface area is 115 Å². The third kappa shape index (κ3) is 2.51. The van der Waals surface area contributed by atoms with Gasteiger partial charge in [0, 0.05) is 18.1 Å². The number of nitrogens with one attached hydrogen (secondary N) is 1. The molecule has 1 unspecified atom stereocenters. The van der Waals surface area contributed by atoms with E-state index < -0.39 is 0 Å². The van der Waals surface area contributed by atoms with Crippen molar-refractivity contribution in [1.82, 2.24) is 9.97 Å². The lowest BCUT2D eigenvalue weighted by Crippen LogP contribution is -2.06. The number of anilines is 2. The molecule has 3 aromatic rings. The highest BCUT2D eigenvalue weighted by atomic mass is 32.1. The van der Waals surface area contributed by atoms with Crippen molar-refractivity contribution in [3.8, 4) is 0 Å². The van der Waals surface area contributed by atoms with Crippen LogP contribution in [-0.4, -0.2) is 9.97 Å². The second-order valence-corrected chi connectivity index (χ2v) is 5.43. The molecule has 0 aliphatic carbocycles. The number of benzene rings is 1. The highest BCUT2D eigenvalue weighted by molar-refractivity contribution is 7.22. The standard InChI is InChI=1S/C14H14N4S/c1-9(10-3-2-6-16-8-10)17-14-18-12-5-4-11(15)7-13(12)19-14/h2-9H,15H2,1H3,(H,17,18). The maximum absolute atomic E-state index is 5.78. The number of thiazole rings is 1. The molecule has 96 valence electrons. The number of nitrogen functional groups attached to an aromatic ring is 1. The summed E-state index contributed by atoms with van der Waals surface area (Å²) < 4.78 is 1.10. The van der Waals surface area contributed by atoms with Crippen LogP contribution in [0.3, 0.4) is 0 Å². The van der Waals surface area contributed by atoms with E-state index in [-0.39, 0.29) is 6.04 Å². The minimum Gasteiger partial charge on any atom is -0.399 e. The summed E-state index contributed by atoms with van der Waals surface area (Å²) in [5.74, 6) is 0. The molecule has 3 N–H and O–H groups in total. The molecule has 0 bridgehead atoms. The van der Waals surface area contributed by atoms with E-state index in [2.05, 4.69) is 28.3 Å². The molecule has 0 aliphatic heterocycles. The molecule has 2 heterocycles. The lowest BCUT2D eigenvalue weighted by Gasteiger charge is -2.12. The Morgan fingerprint density at radius 2 is 2.21 bits per heavy atom. The van der Waals surface area contributed by atoms with Gasteiger partial charge in [0.25, 0.3) is 0 Å². The predicted octanol–water partition coefficient (Wildman–Crippen LogP) is 3.45. The number of nitrogens with zero attached hydrogens (tertiary/aromatic N) is 2. The normalized spacial score (nSPS) is 12.5. The van der Waals surface area contributed by atoms with E-state index in [0.717, 1.165) is 26.6 Å². The lowest BCUT2D eigenvalue weighted by atomic mass is 10.1. The first-order valence-electron chi connectivity index (χ1n) is 6.05. The zero-order valence-electron chi connectivity index (χ0n) is 10.5. The molecular formula is C14H14N4S. The summed E-state index contributed by atoms with van der Waals surface area (Å²) >= 11 is 1.61. The van der Waals surface area contributed by atoms with Gasteiger partial charge < -0.3 is 11.1 Å². The fraction of sp³-hybridized carbons (Fsp3) is 0.143. The first-order chi connectivity index (χ1) is 9.22. The largest absolute Gasteiger partial charge is 0.399 e. The molecule has 0 fully saturated rings. The van der Waals surface area contributed by atoms with Crippen LogP contribution in [-0.2, 0) is 0 Å². The van der Waals surface area contributed by atoms with Crippen molar-refractivity contribution in [3.05, 3.63) is 48.3 Å². The molecule has 0 spiro atoms. The van der Waals surface area contributed by atoms with Gasteiger partial charge in [-0.1, -0.05) is 17.4 Å². The number of fused-ring (bicyclic) bond motifs is 1. The Morgan fingerprint density at radius 3 is 3.00 bits per heavy atom. The summed E-state index contributed by atoms with van der Waals surface area (Å²) in [4.78, 5) is 8.68. The van der Waals surface area contributed by atoms with Gasteiger partial charge in [0.15, 0.2) is 5.13 Å². The van der Waals surface area contributed by atoms with E-state index in [1.807, 2.05) is 30.5 Å². The molecule has 0 saturated heterocycles. The molecular weight excluding hydrogens is 256 g/mol. The molecule has 3 rings (SSSR count). The minimum atomic E-state index is 0.173. The van der Waals surface area contributed by atoms with Crippen LogP contribution >= 0.6 is 11.3 Å². The van der Waals surface area contributed by atoms with E-state index in [1.165, 1.54) is 0 Å². The molecule has 4 nitrogen and oxygen atoms in total. The van der Waals surface area contributed by atoms with Crippen LogP contribution in [0, 0.1) is 0 Å². The first-order valence-corrected chi connectivity index (χ1v) is 6.86. The SMILES string of the molecule is CC(Nc1nc2ccc(N)cc2s1)c1cccnc1. The molecule has 19 heavy (non-hydrogen) atoms. The second-order valence-electron chi connectivity index (χ2n) is 4.40. The van der Waals surface area contributed by atoms with E-state index in [9.17, 15) is 0 Å². The molecule has 1 aromatic carbocycles. The number of nitrogens with two attached hydrogens (primary N) is 1. The molecule has 5 heteroatoms. The highest BCUT2D eigenvalue weighted by Gasteiger charge is 2.09. The average molecular weight is 270 g/mol. The van der Waals surface area contributed by atoms with Gasteiger partial charge in [-0.2, -0.15) is 0 Å². The Bertz CT molecular complexity index is 693. The van der Waals surface area contributed by atoms with E-state index in [4.69, 9.17) is 5.73 Å². The molecule has 1 atom stereocenters. The summed E-state index contributed by atoms with van der Waals surface area (Å²) in [5.41, 5.74) is 8.65. The number of hydrogen-bond donors (Lipinski definition) is 2. The number of pyridine rings is 1. The van der Waals surface area contributed by atoms with Crippen LogP contribution in [0.5, 0.6) is 0 Å². The van der Waals surface area contributed by atoms with Crippen LogP contribution in [0.15, 0.2) is 42.7 Å². The summed E-state index contributed by atoms with van der Waals surface area (Å²) in [6.45, 7) is 2.09. The van der Waals surface area contributed by atoms with Gasteiger partial charge in [0.05, 0.1) is 16.3 Å². The van der Waals surface area contributed by atoms with Gasteiger partial charge >= 0.3 is 0 Å². The Morgan fingerprint density at radius 1 is 1.32 bits per heavy atom. The van der Waals surface area contributed by atoms with Gasteiger partial charge in [-0.05, 0) is 36.8 Å². The van der Waals surface area contributed by atoms with Gasteiger partial charge in [-0.15, -0.1) is 0 Å². The van der Waals surface area contributed by atoms with E-state index in [1.54, 1.807) is 17.5 Å². The van der Waals surface area contributed by atoms with Crippen LogP contribution in [0.1, 0.15) is 18.5 Å². The third-order valence-corrected chi connectivity index (χ3v) is 3.89. The fourth-order valence-corrected chi connectivity index (χ4v) is 2.90. The number of hydrogen-bond acceptors (Lipinski definition) is 5. The monoisotopic (exact) mass is 270 g/mol. The summed E-state index contributed by atoms with van der Waals surface area (Å²) in [6.07, 6.45) is 3.64. The molecule has 0 saturated carbocycles. The van der Waals surface area contributed by atoms with E-state index >= 15 is 0 Å². The minimum absolute atomic E-state index is 0.173. The van der Waals surface area contributed by atoms with E-state index in [0.29, 0.717) is 0 Å². The van der Waals surface area contributed by atoms with Crippen molar-refractivity contribution in [3.63, 3.8) is 0 Å². The maximum atomic E-state index is 5.78. The van der Waals surface area contributed by atoms with Crippen molar-refractivity contribution in [2.75, 3.05) is 11.1 Å². The molecule has 0 amide bonds. The quantitative estimate of drug-likeness (QED) is 0.715. The van der Waals surface area contributed by atoms with Gasteiger partial charge in [-0.3, -0.25) is 4.98 Å². The van der Waals surface area contributed by atoms with Crippen LogP contribution < -0.4 is 11.1 Å². The van der Waals surface area contributed by atoms with Crippen molar-refractivity contribution < 1.29 is 0 Å². The second kappa shape index (κ2) is 4.85. The summed E-state index contributed by atoms with van der Waals surface area (Å²) in [7, 11) is 0. The third-order valence-electron chi connectivity index (χ3n) is 2.94. The van der Waals surface area contributed by atoms with Crippen molar-refractivity contribution in [2.45, 2.75) is 13.0 Å². The average Bonchev–Trinajstić information content (AvgIpc) is 2.81. The van der Waals surface area contributed by atoms with Crippen LogP contribution in [0.4, 0.5) is 10.8 Å². The molecule has 0 radical (unpaired) electrons. The van der Waals surface area contributed by atoms with Crippen molar-refractivity contribution >= 4 is 32.4 Å². The number of rotatable bonds is 3. The zero-order chi connectivity index (χ0) is 13.2. The van der Waals surface area contributed by atoms with Crippen molar-refractivity contribution in [1.29, 1.82) is 0 Å². The van der Waals surface area contributed by atoms with Gasteiger partial charge in [0.2, 0.25) is 0 Å². The topological polar surface area (TPSA) is 63.8 Å². The first kappa shape index (κ1) is 11.9.